The molecule has 0 aliphatic heterocycles. The average molecular weight is 346 g/mol. The molecule has 0 atom stereocenters. The smallest absolute Gasteiger partial charge is 0.271 e. The lowest BCUT2D eigenvalue weighted by Gasteiger charge is -2.01. The highest BCUT2D eigenvalue weighted by molar-refractivity contribution is 7.19. The van der Waals surface area contributed by atoms with E-state index in [1.54, 1.807) is 0 Å². The maximum Gasteiger partial charge on any atom is 0.271 e. The van der Waals surface area contributed by atoms with Crippen molar-refractivity contribution >= 4 is 39.0 Å². The Kier molecular flexibility index (Phi) is 4.89. The van der Waals surface area contributed by atoms with Gasteiger partial charge in [0.05, 0.1) is 5.69 Å². The van der Waals surface area contributed by atoms with Crippen molar-refractivity contribution in [1.29, 1.82) is 0 Å². The van der Waals surface area contributed by atoms with Crippen LogP contribution in [0.15, 0.2) is 30.3 Å². The second-order valence-electron chi connectivity index (χ2n) is 4.61. The molecule has 0 unspecified atom stereocenters. The Hall–Kier alpha value is -2.39. The van der Waals surface area contributed by atoms with Gasteiger partial charge in [0.15, 0.2) is 0 Å². The standard InChI is InChI=1S/C14H14N6OS2/c1-2-10-11(23-20-17-10)12(21)16-14-19-18-13(22-14)15-8-9-6-4-3-5-7-9/h3-7H,2,8H2,1H3,(H,15,18)(H,16,19,21). The summed E-state index contributed by atoms with van der Waals surface area (Å²) in [4.78, 5) is 12.7. The molecule has 118 valence electrons. The molecule has 0 spiro atoms. The maximum atomic E-state index is 12.2. The van der Waals surface area contributed by atoms with Gasteiger partial charge >= 0.3 is 0 Å². The zero-order chi connectivity index (χ0) is 16.1. The number of aryl methyl sites for hydroxylation is 1. The third kappa shape index (κ3) is 3.88. The zero-order valence-electron chi connectivity index (χ0n) is 12.3. The van der Waals surface area contributed by atoms with Crippen molar-refractivity contribution in [2.45, 2.75) is 19.9 Å². The first kappa shape index (κ1) is 15.5. The van der Waals surface area contributed by atoms with Crippen molar-refractivity contribution in [2.24, 2.45) is 0 Å². The quantitative estimate of drug-likeness (QED) is 0.713. The number of carbonyl (C=O) groups is 1. The largest absolute Gasteiger partial charge is 0.356 e. The fourth-order valence-corrected chi connectivity index (χ4v) is 3.17. The Bertz CT molecular complexity index is 785. The van der Waals surface area contributed by atoms with E-state index in [1.807, 2.05) is 37.3 Å². The summed E-state index contributed by atoms with van der Waals surface area (Å²) in [6.45, 7) is 2.59. The minimum atomic E-state index is -0.248. The summed E-state index contributed by atoms with van der Waals surface area (Å²) < 4.78 is 3.81. The summed E-state index contributed by atoms with van der Waals surface area (Å²) in [6, 6.07) is 9.99. The zero-order valence-corrected chi connectivity index (χ0v) is 13.9. The number of aromatic nitrogens is 4. The highest BCUT2D eigenvalue weighted by Gasteiger charge is 2.16. The summed E-state index contributed by atoms with van der Waals surface area (Å²) in [5, 5.41) is 18.9. The van der Waals surface area contributed by atoms with Crippen LogP contribution < -0.4 is 10.6 Å². The molecule has 0 aliphatic carbocycles. The van der Waals surface area contributed by atoms with Crippen LogP contribution in [0, 0.1) is 0 Å². The molecule has 2 aromatic heterocycles. The molecule has 0 saturated carbocycles. The van der Waals surface area contributed by atoms with E-state index in [0.717, 1.165) is 17.1 Å². The van der Waals surface area contributed by atoms with Crippen molar-refractivity contribution in [2.75, 3.05) is 10.6 Å². The van der Waals surface area contributed by atoms with Crippen LogP contribution >= 0.6 is 22.9 Å². The minimum Gasteiger partial charge on any atom is -0.356 e. The number of anilines is 2. The van der Waals surface area contributed by atoms with Gasteiger partial charge in [-0.3, -0.25) is 10.1 Å². The highest BCUT2D eigenvalue weighted by Crippen LogP contribution is 2.22. The normalized spacial score (nSPS) is 10.5. The van der Waals surface area contributed by atoms with Gasteiger partial charge < -0.3 is 5.32 Å². The van der Waals surface area contributed by atoms with Crippen molar-refractivity contribution in [1.82, 2.24) is 19.8 Å². The van der Waals surface area contributed by atoms with Crippen LogP contribution in [0.1, 0.15) is 27.9 Å². The second kappa shape index (κ2) is 7.25. The van der Waals surface area contributed by atoms with Crippen LogP contribution in [0.5, 0.6) is 0 Å². The predicted molar refractivity (Wildman–Crippen MR) is 90.9 cm³/mol. The van der Waals surface area contributed by atoms with Crippen molar-refractivity contribution < 1.29 is 4.79 Å². The van der Waals surface area contributed by atoms with Gasteiger partial charge in [-0.05, 0) is 23.5 Å². The Balaban J connectivity index is 1.60. The van der Waals surface area contributed by atoms with Gasteiger partial charge in [0, 0.05) is 6.54 Å². The summed E-state index contributed by atoms with van der Waals surface area (Å²) in [5.74, 6) is -0.248. The molecule has 0 fully saturated rings. The van der Waals surface area contributed by atoms with E-state index in [1.165, 1.54) is 11.3 Å². The number of carbonyl (C=O) groups excluding carboxylic acids is 1. The van der Waals surface area contributed by atoms with Gasteiger partial charge in [0.2, 0.25) is 10.3 Å². The van der Waals surface area contributed by atoms with Gasteiger partial charge in [-0.1, -0.05) is 53.1 Å². The van der Waals surface area contributed by atoms with Crippen LogP contribution in [0.3, 0.4) is 0 Å². The molecule has 2 heterocycles. The molecule has 0 saturated heterocycles. The van der Waals surface area contributed by atoms with Gasteiger partial charge in [0.25, 0.3) is 5.91 Å². The number of benzene rings is 1. The van der Waals surface area contributed by atoms with Gasteiger partial charge in [-0.2, -0.15) is 0 Å². The highest BCUT2D eigenvalue weighted by atomic mass is 32.1. The molecular weight excluding hydrogens is 332 g/mol. The number of hydrogen-bond acceptors (Lipinski definition) is 8. The predicted octanol–water partition coefficient (Wildman–Crippen LogP) is 2.82. The lowest BCUT2D eigenvalue weighted by atomic mass is 10.2. The first-order chi connectivity index (χ1) is 11.3. The number of nitrogens with zero attached hydrogens (tertiary/aromatic N) is 4. The molecule has 9 heteroatoms. The molecule has 0 bridgehead atoms. The van der Waals surface area contributed by atoms with Gasteiger partial charge in [-0.25, -0.2) is 0 Å². The number of hydrogen-bond donors (Lipinski definition) is 2. The van der Waals surface area contributed by atoms with Gasteiger partial charge in [0.1, 0.15) is 4.88 Å². The van der Waals surface area contributed by atoms with Gasteiger partial charge in [-0.15, -0.1) is 15.3 Å². The van der Waals surface area contributed by atoms with Crippen molar-refractivity contribution in [3.8, 4) is 0 Å². The summed E-state index contributed by atoms with van der Waals surface area (Å²) in [7, 11) is 0. The maximum absolute atomic E-state index is 12.2. The summed E-state index contributed by atoms with van der Waals surface area (Å²) in [6.07, 6.45) is 0.666. The number of rotatable bonds is 6. The molecule has 0 radical (unpaired) electrons. The SMILES string of the molecule is CCc1nnsc1C(=O)Nc1nnc(NCc2ccccc2)s1. The molecule has 2 N–H and O–H groups in total. The lowest BCUT2D eigenvalue weighted by molar-refractivity contribution is 0.102. The van der Waals surface area contributed by atoms with E-state index in [0.29, 0.717) is 33.8 Å². The Morgan fingerprint density at radius 2 is 1.91 bits per heavy atom. The van der Waals surface area contributed by atoms with Crippen molar-refractivity contribution in [3.63, 3.8) is 0 Å². The van der Waals surface area contributed by atoms with E-state index in [2.05, 4.69) is 30.4 Å². The van der Waals surface area contributed by atoms with Crippen LogP contribution in [0.2, 0.25) is 0 Å². The molecule has 3 aromatic rings. The molecule has 1 amide bonds. The van der Waals surface area contributed by atoms with Crippen LogP contribution in [-0.2, 0) is 13.0 Å². The van der Waals surface area contributed by atoms with Crippen LogP contribution in [0.4, 0.5) is 10.3 Å². The molecular formula is C14H14N6OS2. The van der Waals surface area contributed by atoms with Crippen LogP contribution in [0.25, 0.3) is 0 Å². The van der Waals surface area contributed by atoms with E-state index in [-0.39, 0.29) is 5.91 Å². The second-order valence-corrected chi connectivity index (χ2v) is 6.34. The number of amides is 1. The Morgan fingerprint density at radius 1 is 1.13 bits per heavy atom. The summed E-state index contributed by atoms with van der Waals surface area (Å²) in [5.41, 5.74) is 1.84. The lowest BCUT2D eigenvalue weighted by Crippen LogP contribution is -2.12. The molecule has 3 rings (SSSR count). The number of nitrogens with one attached hydrogen (secondary N) is 2. The molecule has 1 aromatic carbocycles. The third-order valence-electron chi connectivity index (χ3n) is 3.03. The Labute approximate surface area is 141 Å². The van der Waals surface area contributed by atoms with Crippen LogP contribution in [-0.4, -0.2) is 25.7 Å². The topological polar surface area (TPSA) is 92.7 Å². The Morgan fingerprint density at radius 3 is 2.70 bits per heavy atom. The third-order valence-corrected chi connectivity index (χ3v) is 4.59. The molecule has 7 nitrogen and oxygen atoms in total. The van der Waals surface area contributed by atoms with E-state index in [4.69, 9.17) is 0 Å². The van der Waals surface area contributed by atoms with Crippen molar-refractivity contribution in [3.05, 3.63) is 46.5 Å². The molecule has 0 aliphatic rings. The molecule has 23 heavy (non-hydrogen) atoms. The van der Waals surface area contributed by atoms with E-state index < -0.39 is 0 Å². The fourth-order valence-electron chi connectivity index (χ4n) is 1.88. The average Bonchev–Trinajstić information content (AvgIpc) is 3.22. The summed E-state index contributed by atoms with van der Waals surface area (Å²) >= 11 is 2.37. The van der Waals surface area contributed by atoms with E-state index in [9.17, 15) is 4.79 Å². The van der Waals surface area contributed by atoms with E-state index >= 15 is 0 Å². The minimum absolute atomic E-state index is 0.248. The first-order valence-corrected chi connectivity index (χ1v) is 8.59. The monoisotopic (exact) mass is 346 g/mol. The first-order valence-electron chi connectivity index (χ1n) is 7.00. The fraction of sp³-hybridized carbons (Fsp3) is 0.214.